The molecular weight excluding hydrogens is 470 g/mol. The van der Waals surface area contributed by atoms with Gasteiger partial charge >= 0.3 is 0 Å². The number of nitrogens with zero attached hydrogens (tertiary/aromatic N) is 6. The van der Waals surface area contributed by atoms with E-state index in [1.165, 1.54) is 12.7 Å². The van der Waals surface area contributed by atoms with Crippen molar-refractivity contribution < 1.29 is 9.53 Å². The second kappa shape index (κ2) is 11.1. The van der Waals surface area contributed by atoms with Gasteiger partial charge in [0, 0.05) is 48.3 Å². The SMILES string of the molecule is COCCNc1cc(N(c2ncn[nH]2)c2cc(C(=O)Nc3ccnc(C(C)(C)C)c3)ccc2C)ncn1. The zero-order chi connectivity index (χ0) is 26.4. The van der Waals surface area contributed by atoms with Gasteiger partial charge in [-0.25, -0.2) is 15.1 Å². The Balaban J connectivity index is 1.67. The van der Waals surface area contributed by atoms with E-state index in [0.29, 0.717) is 42.0 Å². The van der Waals surface area contributed by atoms with Crippen molar-refractivity contribution in [2.45, 2.75) is 33.1 Å². The van der Waals surface area contributed by atoms with E-state index in [2.05, 4.69) is 61.5 Å². The van der Waals surface area contributed by atoms with Crippen molar-refractivity contribution in [2.75, 3.05) is 35.8 Å². The van der Waals surface area contributed by atoms with E-state index in [-0.39, 0.29) is 11.3 Å². The first-order valence-electron chi connectivity index (χ1n) is 11.8. The van der Waals surface area contributed by atoms with Gasteiger partial charge in [-0.3, -0.25) is 14.7 Å². The minimum absolute atomic E-state index is 0.135. The minimum atomic E-state index is -0.241. The minimum Gasteiger partial charge on any atom is -0.383 e. The molecule has 11 heteroatoms. The molecule has 1 aromatic carbocycles. The summed E-state index contributed by atoms with van der Waals surface area (Å²) in [6.07, 6.45) is 4.59. The van der Waals surface area contributed by atoms with E-state index in [1.807, 2.05) is 19.1 Å². The number of pyridine rings is 1. The first kappa shape index (κ1) is 25.7. The molecule has 0 aliphatic heterocycles. The first-order valence-corrected chi connectivity index (χ1v) is 11.8. The highest BCUT2D eigenvalue weighted by Gasteiger charge is 2.21. The number of anilines is 5. The standard InChI is InChI=1S/C26H31N9O2/c1-17-6-7-18(24(36)33-19-8-9-27-21(13-19)26(2,3)4)12-20(17)35(25-31-16-32-34-25)23-14-22(29-15-30-23)28-10-11-37-5/h6-9,12-16H,10-11H2,1-5H3,(H,27,33,36)(H,28,29,30)(H,31,32,34). The molecule has 3 aromatic heterocycles. The van der Waals surface area contributed by atoms with Gasteiger partial charge < -0.3 is 15.4 Å². The number of amides is 1. The summed E-state index contributed by atoms with van der Waals surface area (Å²) in [6, 6.07) is 11.0. The lowest BCUT2D eigenvalue weighted by molar-refractivity contribution is 0.102. The third-order valence-corrected chi connectivity index (χ3v) is 5.61. The van der Waals surface area contributed by atoms with Gasteiger partial charge in [0.15, 0.2) is 0 Å². The number of benzene rings is 1. The summed E-state index contributed by atoms with van der Waals surface area (Å²) in [4.78, 5) is 32.6. The number of aromatic nitrogens is 6. The maximum absolute atomic E-state index is 13.3. The number of aromatic amines is 1. The number of ether oxygens (including phenoxy) is 1. The van der Waals surface area contributed by atoms with Crippen molar-refractivity contribution in [3.8, 4) is 0 Å². The number of carbonyl (C=O) groups is 1. The smallest absolute Gasteiger partial charge is 0.255 e. The summed E-state index contributed by atoms with van der Waals surface area (Å²) < 4.78 is 5.11. The van der Waals surface area contributed by atoms with Crippen molar-refractivity contribution in [2.24, 2.45) is 0 Å². The lowest BCUT2D eigenvalue weighted by Crippen LogP contribution is -2.18. The van der Waals surface area contributed by atoms with Gasteiger partial charge in [-0.2, -0.15) is 10.1 Å². The van der Waals surface area contributed by atoms with Crippen LogP contribution in [0.5, 0.6) is 0 Å². The molecule has 0 atom stereocenters. The second-order valence-electron chi connectivity index (χ2n) is 9.46. The number of rotatable bonds is 9. The predicted octanol–water partition coefficient (Wildman–Crippen LogP) is 4.38. The summed E-state index contributed by atoms with van der Waals surface area (Å²) in [5.74, 6) is 1.39. The van der Waals surface area contributed by atoms with Gasteiger partial charge in [0.05, 0.1) is 12.3 Å². The molecule has 0 fully saturated rings. The molecule has 3 N–H and O–H groups in total. The summed E-state index contributed by atoms with van der Waals surface area (Å²) in [6.45, 7) is 9.33. The number of carbonyl (C=O) groups excluding carboxylic acids is 1. The highest BCUT2D eigenvalue weighted by Crippen LogP contribution is 2.34. The number of hydrogen-bond acceptors (Lipinski definition) is 9. The van der Waals surface area contributed by atoms with Crippen LogP contribution in [0, 0.1) is 6.92 Å². The van der Waals surface area contributed by atoms with Crippen LogP contribution in [0.25, 0.3) is 0 Å². The van der Waals surface area contributed by atoms with Gasteiger partial charge in [-0.05, 0) is 36.8 Å². The van der Waals surface area contributed by atoms with Crippen LogP contribution in [0.15, 0.2) is 55.2 Å². The third kappa shape index (κ3) is 6.25. The van der Waals surface area contributed by atoms with Gasteiger partial charge in [0.25, 0.3) is 5.91 Å². The zero-order valence-corrected chi connectivity index (χ0v) is 21.6. The lowest BCUT2D eigenvalue weighted by Gasteiger charge is -2.23. The summed E-state index contributed by atoms with van der Waals surface area (Å²) in [5, 5.41) is 13.1. The van der Waals surface area contributed by atoms with Crippen LogP contribution in [0.2, 0.25) is 0 Å². The monoisotopic (exact) mass is 501 g/mol. The fraction of sp³-hybridized carbons (Fsp3) is 0.308. The Bertz CT molecular complexity index is 1350. The van der Waals surface area contributed by atoms with E-state index >= 15 is 0 Å². The molecule has 1 amide bonds. The Hall–Kier alpha value is -4.38. The molecule has 0 saturated carbocycles. The van der Waals surface area contributed by atoms with Gasteiger partial charge in [0.1, 0.15) is 24.3 Å². The van der Waals surface area contributed by atoms with Crippen LogP contribution < -0.4 is 15.5 Å². The van der Waals surface area contributed by atoms with E-state index in [0.717, 1.165) is 16.9 Å². The number of methoxy groups -OCH3 is 1. The normalized spacial score (nSPS) is 11.3. The van der Waals surface area contributed by atoms with Crippen molar-refractivity contribution >= 4 is 34.9 Å². The third-order valence-electron chi connectivity index (χ3n) is 5.61. The van der Waals surface area contributed by atoms with Crippen LogP contribution in [-0.4, -0.2) is 56.3 Å². The largest absolute Gasteiger partial charge is 0.383 e. The van der Waals surface area contributed by atoms with Crippen molar-refractivity contribution in [1.82, 2.24) is 30.1 Å². The Morgan fingerprint density at radius 2 is 1.89 bits per heavy atom. The molecule has 3 heterocycles. The molecule has 0 aliphatic carbocycles. The van der Waals surface area contributed by atoms with Crippen molar-refractivity contribution in [3.63, 3.8) is 0 Å². The topological polar surface area (TPSA) is 134 Å². The molecule has 0 spiro atoms. The lowest BCUT2D eigenvalue weighted by atomic mass is 9.91. The summed E-state index contributed by atoms with van der Waals surface area (Å²) in [7, 11) is 1.64. The Morgan fingerprint density at radius 1 is 1.05 bits per heavy atom. The average Bonchev–Trinajstić information content (AvgIpc) is 3.40. The van der Waals surface area contributed by atoms with Crippen LogP contribution in [0.1, 0.15) is 42.4 Å². The number of hydrogen-bond donors (Lipinski definition) is 3. The quantitative estimate of drug-likeness (QED) is 0.286. The van der Waals surface area contributed by atoms with Crippen LogP contribution >= 0.6 is 0 Å². The predicted molar refractivity (Wildman–Crippen MR) is 143 cm³/mol. The molecule has 0 bridgehead atoms. The molecular formula is C26H31N9O2. The van der Waals surface area contributed by atoms with E-state index in [9.17, 15) is 4.79 Å². The number of nitrogens with one attached hydrogen (secondary N) is 3. The maximum Gasteiger partial charge on any atom is 0.255 e. The molecule has 37 heavy (non-hydrogen) atoms. The summed E-state index contributed by atoms with van der Waals surface area (Å²) >= 11 is 0. The molecule has 0 aliphatic rings. The summed E-state index contributed by atoms with van der Waals surface area (Å²) in [5.41, 5.74) is 3.55. The first-order chi connectivity index (χ1) is 17.8. The second-order valence-corrected chi connectivity index (χ2v) is 9.46. The highest BCUT2D eigenvalue weighted by atomic mass is 16.5. The Morgan fingerprint density at radius 3 is 2.62 bits per heavy atom. The highest BCUT2D eigenvalue weighted by molar-refractivity contribution is 6.05. The Kier molecular flexibility index (Phi) is 7.73. The van der Waals surface area contributed by atoms with E-state index in [1.54, 1.807) is 42.5 Å². The molecule has 0 radical (unpaired) electrons. The van der Waals surface area contributed by atoms with Gasteiger partial charge in [0.2, 0.25) is 5.95 Å². The van der Waals surface area contributed by atoms with E-state index in [4.69, 9.17) is 4.74 Å². The van der Waals surface area contributed by atoms with Crippen LogP contribution in [-0.2, 0) is 10.2 Å². The fourth-order valence-electron chi connectivity index (χ4n) is 3.61. The maximum atomic E-state index is 13.3. The molecule has 11 nitrogen and oxygen atoms in total. The number of H-pyrrole nitrogens is 1. The van der Waals surface area contributed by atoms with Gasteiger partial charge in [-0.15, -0.1) is 0 Å². The molecule has 192 valence electrons. The van der Waals surface area contributed by atoms with Gasteiger partial charge in [-0.1, -0.05) is 26.8 Å². The van der Waals surface area contributed by atoms with Crippen molar-refractivity contribution in [1.29, 1.82) is 0 Å². The average molecular weight is 502 g/mol. The molecule has 0 saturated heterocycles. The number of aryl methyl sites for hydroxylation is 1. The molecule has 4 rings (SSSR count). The van der Waals surface area contributed by atoms with Crippen LogP contribution in [0.4, 0.5) is 29.0 Å². The van der Waals surface area contributed by atoms with E-state index < -0.39 is 0 Å². The molecule has 0 unspecified atom stereocenters. The van der Waals surface area contributed by atoms with Crippen LogP contribution in [0.3, 0.4) is 0 Å². The molecule has 4 aromatic rings. The Labute approximate surface area is 215 Å². The fourth-order valence-corrected chi connectivity index (χ4v) is 3.61. The van der Waals surface area contributed by atoms with Crippen molar-refractivity contribution in [3.05, 3.63) is 72.1 Å². The zero-order valence-electron chi connectivity index (χ0n) is 21.6.